The summed E-state index contributed by atoms with van der Waals surface area (Å²) in [5.41, 5.74) is 3.18. The molecule has 3 aromatic rings. The summed E-state index contributed by atoms with van der Waals surface area (Å²) in [6.07, 6.45) is 3.91. The van der Waals surface area contributed by atoms with Crippen molar-refractivity contribution in [1.29, 1.82) is 0 Å². The molecule has 0 bridgehead atoms. The molecule has 1 aliphatic carbocycles. The first-order valence-corrected chi connectivity index (χ1v) is 10.8. The zero-order chi connectivity index (χ0) is 20.5. The van der Waals surface area contributed by atoms with Gasteiger partial charge < -0.3 is 10.2 Å². The summed E-state index contributed by atoms with van der Waals surface area (Å²) >= 11 is 0. The second-order valence-corrected chi connectivity index (χ2v) is 8.46. The lowest BCUT2D eigenvalue weighted by Crippen LogP contribution is -2.52. The number of hydrogen-bond donors (Lipinski definition) is 1. The summed E-state index contributed by atoms with van der Waals surface area (Å²) < 4.78 is 0. The lowest BCUT2D eigenvalue weighted by molar-refractivity contribution is -0.141. The molecule has 4 heteroatoms. The van der Waals surface area contributed by atoms with Crippen LogP contribution in [0.2, 0.25) is 0 Å². The van der Waals surface area contributed by atoms with Crippen molar-refractivity contribution in [2.24, 2.45) is 5.92 Å². The molecule has 1 heterocycles. The minimum absolute atomic E-state index is 0.00748. The van der Waals surface area contributed by atoms with Crippen LogP contribution in [0.5, 0.6) is 0 Å². The molecule has 0 spiro atoms. The van der Waals surface area contributed by atoms with Gasteiger partial charge in [-0.1, -0.05) is 67.1 Å². The van der Waals surface area contributed by atoms with Crippen molar-refractivity contribution in [3.05, 3.63) is 83.4 Å². The Labute approximate surface area is 176 Å². The van der Waals surface area contributed by atoms with Gasteiger partial charge in [-0.2, -0.15) is 0 Å². The zero-order valence-corrected chi connectivity index (χ0v) is 17.0. The molecular weight excluding hydrogens is 372 g/mol. The molecular formula is C26H26N2O2. The molecule has 1 unspecified atom stereocenters. The summed E-state index contributed by atoms with van der Waals surface area (Å²) in [5.74, 6) is 0.327. The highest BCUT2D eigenvalue weighted by Gasteiger charge is 2.36. The monoisotopic (exact) mass is 398 g/mol. The van der Waals surface area contributed by atoms with Gasteiger partial charge in [0.15, 0.2) is 0 Å². The Morgan fingerprint density at radius 2 is 1.63 bits per heavy atom. The minimum Gasteiger partial charge on any atom is -0.350 e. The summed E-state index contributed by atoms with van der Waals surface area (Å²) in [4.78, 5) is 28.1. The highest BCUT2D eigenvalue weighted by Crippen LogP contribution is 2.32. The quantitative estimate of drug-likeness (QED) is 0.711. The van der Waals surface area contributed by atoms with Crippen molar-refractivity contribution in [2.75, 3.05) is 6.54 Å². The topological polar surface area (TPSA) is 49.4 Å². The second kappa shape index (κ2) is 7.94. The molecule has 5 rings (SSSR count). The van der Waals surface area contributed by atoms with Crippen LogP contribution in [-0.2, 0) is 17.8 Å². The van der Waals surface area contributed by atoms with Crippen LogP contribution >= 0.6 is 0 Å². The van der Waals surface area contributed by atoms with Crippen molar-refractivity contribution in [3.63, 3.8) is 0 Å². The summed E-state index contributed by atoms with van der Waals surface area (Å²) in [6, 6.07) is 22.1. The standard InChI is InChI=1S/C26H26N2O2/c29-25(24-14-6-10-18-7-3-4-13-23(18)24)27-16-22-15-20-8-1-2-9-21(20)17-28(22)26(30)19-11-5-12-19/h1-4,6-10,13-14,19,22H,5,11-12,15-17H2,(H,27,29). The molecule has 3 aromatic carbocycles. The largest absolute Gasteiger partial charge is 0.350 e. The van der Waals surface area contributed by atoms with E-state index in [1.54, 1.807) is 0 Å². The van der Waals surface area contributed by atoms with E-state index >= 15 is 0 Å². The Morgan fingerprint density at radius 1 is 0.900 bits per heavy atom. The maximum atomic E-state index is 13.1. The van der Waals surface area contributed by atoms with Crippen molar-refractivity contribution in [2.45, 2.75) is 38.3 Å². The third-order valence-corrected chi connectivity index (χ3v) is 6.63. The van der Waals surface area contributed by atoms with E-state index in [0.29, 0.717) is 18.7 Å². The van der Waals surface area contributed by atoms with Crippen molar-refractivity contribution >= 4 is 22.6 Å². The van der Waals surface area contributed by atoms with E-state index in [0.717, 1.165) is 36.5 Å². The molecule has 30 heavy (non-hydrogen) atoms. The SMILES string of the molecule is O=C(NCC1Cc2ccccc2CN1C(=O)C1CCC1)c1cccc2ccccc12. The summed E-state index contributed by atoms with van der Waals surface area (Å²) in [5, 5.41) is 5.13. The van der Waals surface area contributed by atoms with E-state index in [1.165, 1.54) is 11.1 Å². The number of amides is 2. The molecule has 4 nitrogen and oxygen atoms in total. The van der Waals surface area contributed by atoms with Crippen LogP contribution in [0, 0.1) is 5.92 Å². The molecule has 0 aromatic heterocycles. The predicted molar refractivity (Wildman–Crippen MR) is 118 cm³/mol. The van der Waals surface area contributed by atoms with Crippen LogP contribution < -0.4 is 5.32 Å². The highest BCUT2D eigenvalue weighted by molar-refractivity contribution is 6.07. The number of carbonyl (C=O) groups excluding carboxylic acids is 2. The van der Waals surface area contributed by atoms with Crippen LogP contribution in [0.4, 0.5) is 0 Å². The smallest absolute Gasteiger partial charge is 0.251 e. The average Bonchev–Trinajstić information content (AvgIpc) is 2.75. The van der Waals surface area contributed by atoms with Gasteiger partial charge in [-0.25, -0.2) is 0 Å². The van der Waals surface area contributed by atoms with Gasteiger partial charge in [-0.15, -0.1) is 0 Å². The fourth-order valence-corrected chi connectivity index (χ4v) is 4.65. The number of fused-ring (bicyclic) bond motifs is 2. The Hall–Kier alpha value is -3.14. The lowest BCUT2D eigenvalue weighted by Gasteiger charge is -2.40. The molecule has 2 amide bonds. The van der Waals surface area contributed by atoms with Crippen LogP contribution in [0.1, 0.15) is 40.7 Å². The van der Waals surface area contributed by atoms with E-state index < -0.39 is 0 Å². The molecule has 2 aliphatic rings. The number of rotatable bonds is 4. The van der Waals surface area contributed by atoms with Gasteiger partial charge in [0.25, 0.3) is 5.91 Å². The van der Waals surface area contributed by atoms with Gasteiger partial charge in [0.1, 0.15) is 0 Å². The Bertz CT molecular complexity index is 1100. The number of nitrogens with one attached hydrogen (secondary N) is 1. The van der Waals surface area contributed by atoms with Crippen LogP contribution in [0.3, 0.4) is 0 Å². The first-order chi connectivity index (χ1) is 14.7. The number of hydrogen-bond acceptors (Lipinski definition) is 2. The highest BCUT2D eigenvalue weighted by atomic mass is 16.2. The summed E-state index contributed by atoms with van der Waals surface area (Å²) in [6.45, 7) is 1.11. The number of benzene rings is 3. The molecule has 1 saturated carbocycles. The molecule has 1 fully saturated rings. The summed E-state index contributed by atoms with van der Waals surface area (Å²) in [7, 11) is 0. The van der Waals surface area contributed by atoms with Gasteiger partial charge in [0, 0.05) is 24.6 Å². The fourth-order valence-electron chi connectivity index (χ4n) is 4.65. The van der Waals surface area contributed by atoms with Crippen LogP contribution in [0.15, 0.2) is 66.7 Å². The Morgan fingerprint density at radius 3 is 2.43 bits per heavy atom. The first-order valence-electron chi connectivity index (χ1n) is 10.8. The van der Waals surface area contributed by atoms with Crippen molar-refractivity contribution in [1.82, 2.24) is 10.2 Å². The van der Waals surface area contributed by atoms with Gasteiger partial charge in [0.2, 0.25) is 5.91 Å². The van der Waals surface area contributed by atoms with Gasteiger partial charge in [-0.05, 0) is 47.2 Å². The van der Waals surface area contributed by atoms with Crippen LogP contribution in [0.25, 0.3) is 10.8 Å². The van der Waals surface area contributed by atoms with Crippen molar-refractivity contribution in [3.8, 4) is 0 Å². The van der Waals surface area contributed by atoms with Crippen LogP contribution in [-0.4, -0.2) is 29.3 Å². The van der Waals surface area contributed by atoms with Gasteiger partial charge in [-0.3, -0.25) is 9.59 Å². The molecule has 1 atom stereocenters. The molecule has 1 N–H and O–H groups in total. The zero-order valence-electron chi connectivity index (χ0n) is 17.0. The van der Waals surface area contributed by atoms with Crippen molar-refractivity contribution < 1.29 is 9.59 Å². The number of carbonyl (C=O) groups is 2. The van der Waals surface area contributed by atoms with E-state index in [1.807, 2.05) is 59.5 Å². The average molecular weight is 399 g/mol. The molecule has 0 saturated heterocycles. The van der Waals surface area contributed by atoms with Gasteiger partial charge in [0.05, 0.1) is 6.04 Å². The third kappa shape index (κ3) is 3.47. The Balaban J connectivity index is 1.36. The molecule has 152 valence electrons. The normalized spacial score (nSPS) is 18.5. The van der Waals surface area contributed by atoms with E-state index in [2.05, 4.69) is 17.4 Å². The van der Waals surface area contributed by atoms with E-state index in [9.17, 15) is 9.59 Å². The molecule has 0 radical (unpaired) electrons. The molecule has 1 aliphatic heterocycles. The lowest BCUT2D eigenvalue weighted by atomic mass is 9.83. The maximum Gasteiger partial charge on any atom is 0.251 e. The van der Waals surface area contributed by atoms with Gasteiger partial charge >= 0.3 is 0 Å². The predicted octanol–water partition coefficient (Wildman–Crippen LogP) is 4.32. The van der Waals surface area contributed by atoms with E-state index in [4.69, 9.17) is 0 Å². The Kier molecular flexibility index (Phi) is 4.99. The third-order valence-electron chi connectivity index (χ3n) is 6.63. The van der Waals surface area contributed by atoms with E-state index in [-0.39, 0.29) is 23.8 Å². The fraction of sp³-hybridized carbons (Fsp3) is 0.308. The maximum absolute atomic E-state index is 13.1. The number of nitrogens with zero attached hydrogens (tertiary/aromatic N) is 1. The first kappa shape index (κ1) is 18.9. The minimum atomic E-state index is -0.0818. The second-order valence-electron chi connectivity index (χ2n) is 8.46.